The summed E-state index contributed by atoms with van der Waals surface area (Å²) in [7, 11) is 0. The first-order valence-corrected chi connectivity index (χ1v) is 10.8. The zero-order valence-electron chi connectivity index (χ0n) is 16.6. The second kappa shape index (κ2) is 8.93. The summed E-state index contributed by atoms with van der Waals surface area (Å²) in [6, 6.07) is 16.0. The molecule has 4 rings (SSSR count). The minimum Gasteiger partial charge on any atom is -0.322 e. The van der Waals surface area contributed by atoms with Crippen LogP contribution in [0.3, 0.4) is 0 Å². The van der Waals surface area contributed by atoms with Gasteiger partial charge in [0.05, 0.1) is 23.1 Å². The van der Waals surface area contributed by atoms with Crippen LogP contribution in [0.4, 0.5) is 5.69 Å². The molecule has 1 fully saturated rings. The Labute approximate surface area is 179 Å². The van der Waals surface area contributed by atoms with Crippen LogP contribution in [0, 0.1) is 6.92 Å². The number of carbonyl (C=O) groups is 1. The van der Waals surface area contributed by atoms with Gasteiger partial charge >= 0.3 is 0 Å². The molecule has 1 N–H and O–H groups in total. The van der Waals surface area contributed by atoms with Crippen molar-refractivity contribution in [3.05, 3.63) is 76.0 Å². The number of rotatable bonds is 6. The molecule has 0 unspecified atom stereocenters. The van der Waals surface area contributed by atoms with Gasteiger partial charge in [0.25, 0.3) is 5.91 Å². The Hall–Kier alpha value is -2.44. The van der Waals surface area contributed by atoms with E-state index in [2.05, 4.69) is 43.4 Å². The van der Waals surface area contributed by atoms with Crippen molar-refractivity contribution in [2.75, 3.05) is 25.0 Å². The number of nitrogens with zero attached hydrogens (tertiary/aromatic N) is 3. The van der Waals surface area contributed by atoms with E-state index in [0.29, 0.717) is 5.56 Å². The van der Waals surface area contributed by atoms with Gasteiger partial charge in [0.1, 0.15) is 0 Å². The van der Waals surface area contributed by atoms with Crippen LogP contribution in [-0.2, 0) is 6.42 Å². The van der Waals surface area contributed by atoms with Crippen molar-refractivity contribution in [2.24, 2.45) is 0 Å². The molecule has 2 heterocycles. The lowest BCUT2D eigenvalue weighted by atomic mass is 10.1. The number of amides is 1. The Morgan fingerprint density at radius 1 is 1.07 bits per heavy atom. The Morgan fingerprint density at radius 3 is 2.45 bits per heavy atom. The quantitative estimate of drug-likeness (QED) is 0.582. The summed E-state index contributed by atoms with van der Waals surface area (Å²) in [5, 5.41) is 7.38. The van der Waals surface area contributed by atoms with Gasteiger partial charge in [-0.25, -0.2) is 4.68 Å². The Kier molecular flexibility index (Phi) is 6.11. The van der Waals surface area contributed by atoms with Gasteiger partial charge < -0.3 is 10.2 Å². The van der Waals surface area contributed by atoms with Crippen molar-refractivity contribution in [2.45, 2.75) is 26.2 Å². The van der Waals surface area contributed by atoms with Gasteiger partial charge in [-0.2, -0.15) is 5.10 Å². The smallest absolute Gasteiger partial charge is 0.259 e. The SMILES string of the molecule is Cc1c(C(=O)Nc2ccc(CCN3CCCC3)cc2)cnn1-c1ccc(Br)cc1. The molecule has 0 saturated carbocycles. The fraction of sp³-hybridized carbons (Fsp3) is 0.304. The van der Waals surface area contributed by atoms with Crippen LogP contribution in [0.15, 0.2) is 59.2 Å². The highest BCUT2D eigenvalue weighted by Crippen LogP contribution is 2.19. The molecule has 5 nitrogen and oxygen atoms in total. The molecular formula is C23H25BrN4O. The Bertz CT molecular complexity index is 973. The van der Waals surface area contributed by atoms with Crippen molar-refractivity contribution in [3.8, 4) is 5.69 Å². The van der Waals surface area contributed by atoms with E-state index in [4.69, 9.17) is 0 Å². The summed E-state index contributed by atoms with van der Waals surface area (Å²) in [5.41, 5.74) is 4.41. The van der Waals surface area contributed by atoms with Gasteiger partial charge in [-0.3, -0.25) is 4.79 Å². The maximum atomic E-state index is 12.7. The van der Waals surface area contributed by atoms with Crippen LogP contribution >= 0.6 is 15.9 Å². The highest BCUT2D eigenvalue weighted by Gasteiger charge is 2.16. The summed E-state index contributed by atoms with van der Waals surface area (Å²) in [4.78, 5) is 15.3. The lowest BCUT2D eigenvalue weighted by Crippen LogP contribution is -2.21. The largest absolute Gasteiger partial charge is 0.322 e. The average molecular weight is 453 g/mol. The molecular weight excluding hydrogens is 428 g/mol. The van der Waals surface area contributed by atoms with Crippen LogP contribution in [0.25, 0.3) is 5.69 Å². The van der Waals surface area contributed by atoms with Crippen LogP contribution in [0.2, 0.25) is 0 Å². The lowest BCUT2D eigenvalue weighted by molar-refractivity contribution is 0.102. The molecule has 0 spiro atoms. The summed E-state index contributed by atoms with van der Waals surface area (Å²) in [6.45, 7) is 5.47. The van der Waals surface area contributed by atoms with E-state index >= 15 is 0 Å². The second-order valence-electron chi connectivity index (χ2n) is 7.48. The second-order valence-corrected chi connectivity index (χ2v) is 8.40. The Balaban J connectivity index is 1.39. The first-order valence-electron chi connectivity index (χ1n) is 10.0. The molecule has 1 aromatic heterocycles. The number of halogens is 1. The van der Waals surface area contributed by atoms with Crippen molar-refractivity contribution in [3.63, 3.8) is 0 Å². The number of benzene rings is 2. The van der Waals surface area contributed by atoms with Crippen LogP contribution in [-0.4, -0.2) is 40.2 Å². The molecule has 1 aliphatic rings. The number of carbonyl (C=O) groups excluding carboxylic acids is 1. The predicted molar refractivity (Wildman–Crippen MR) is 120 cm³/mol. The number of hydrogen-bond acceptors (Lipinski definition) is 3. The highest BCUT2D eigenvalue weighted by molar-refractivity contribution is 9.10. The molecule has 3 aromatic rings. The van der Waals surface area contributed by atoms with Gasteiger partial charge in [0.15, 0.2) is 0 Å². The van der Waals surface area contributed by atoms with E-state index in [1.165, 1.54) is 31.5 Å². The number of hydrogen-bond donors (Lipinski definition) is 1. The average Bonchev–Trinajstić information content (AvgIpc) is 3.38. The minimum atomic E-state index is -0.143. The predicted octanol–water partition coefficient (Wildman–Crippen LogP) is 4.83. The molecule has 1 amide bonds. The van der Waals surface area contributed by atoms with Crippen LogP contribution in [0.1, 0.15) is 34.5 Å². The van der Waals surface area contributed by atoms with Crippen molar-refractivity contribution in [1.82, 2.24) is 14.7 Å². The number of anilines is 1. The zero-order chi connectivity index (χ0) is 20.2. The fourth-order valence-electron chi connectivity index (χ4n) is 3.72. The summed E-state index contributed by atoms with van der Waals surface area (Å²) >= 11 is 3.44. The minimum absolute atomic E-state index is 0.143. The van der Waals surface area contributed by atoms with Gasteiger partial charge in [-0.15, -0.1) is 0 Å². The maximum Gasteiger partial charge on any atom is 0.259 e. The first kappa shape index (κ1) is 19.9. The zero-order valence-corrected chi connectivity index (χ0v) is 18.2. The molecule has 0 bridgehead atoms. The van der Waals surface area contributed by atoms with Gasteiger partial charge in [0.2, 0.25) is 0 Å². The molecule has 1 aliphatic heterocycles. The van der Waals surface area contributed by atoms with Crippen molar-refractivity contribution in [1.29, 1.82) is 0 Å². The number of nitrogens with one attached hydrogen (secondary N) is 1. The molecule has 0 aliphatic carbocycles. The van der Waals surface area contributed by atoms with E-state index in [1.54, 1.807) is 10.9 Å². The van der Waals surface area contributed by atoms with Gasteiger partial charge in [-0.05, 0) is 81.2 Å². The fourth-order valence-corrected chi connectivity index (χ4v) is 3.99. The van der Waals surface area contributed by atoms with E-state index < -0.39 is 0 Å². The van der Waals surface area contributed by atoms with E-state index in [0.717, 1.165) is 34.5 Å². The first-order chi connectivity index (χ1) is 14.1. The van der Waals surface area contributed by atoms with E-state index in [-0.39, 0.29) is 5.91 Å². The normalized spacial score (nSPS) is 14.3. The number of likely N-dealkylation sites (tertiary alicyclic amines) is 1. The van der Waals surface area contributed by atoms with Gasteiger partial charge in [-0.1, -0.05) is 28.1 Å². The summed E-state index contributed by atoms with van der Waals surface area (Å²) < 4.78 is 2.79. The van der Waals surface area contributed by atoms with E-state index in [9.17, 15) is 4.79 Å². The highest BCUT2D eigenvalue weighted by atomic mass is 79.9. The summed E-state index contributed by atoms with van der Waals surface area (Å²) in [6.07, 6.45) is 5.32. The molecule has 150 valence electrons. The van der Waals surface area contributed by atoms with Gasteiger partial charge in [0, 0.05) is 16.7 Å². The number of aromatic nitrogens is 2. The third kappa shape index (κ3) is 4.77. The molecule has 2 aromatic carbocycles. The molecule has 29 heavy (non-hydrogen) atoms. The van der Waals surface area contributed by atoms with Crippen LogP contribution in [0.5, 0.6) is 0 Å². The molecule has 1 saturated heterocycles. The summed E-state index contributed by atoms with van der Waals surface area (Å²) in [5.74, 6) is -0.143. The van der Waals surface area contributed by atoms with Crippen molar-refractivity contribution < 1.29 is 4.79 Å². The topological polar surface area (TPSA) is 50.2 Å². The molecule has 0 atom stereocenters. The molecule has 0 radical (unpaired) electrons. The van der Waals surface area contributed by atoms with Crippen LogP contribution < -0.4 is 5.32 Å². The van der Waals surface area contributed by atoms with E-state index in [1.807, 2.05) is 43.3 Å². The Morgan fingerprint density at radius 2 is 1.76 bits per heavy atom. The van der Waals surface area contributed by atoms with Crippen molar-refractivity contribution >= 4 is 27.5 Å². The third-order valence-corrected chi connectivity index (χ3v) is 5.98. The maximum absolute atomic E-state index is 12.7. The third-order valence-electron chi connectivity index (χ3n) is 5.45. The standard InChI is InChI=1S/C23H25BrN4O/c1-17-22(16-25-28(17)21-10-6-19(24)7-11-21)23(29)26-20-8-4-18(5-9-20)12-15-27-13-2-3-14-27/h4-11,16H,2-3,12-15H2,1H3,(H,26,29). The monoisotopic (exact) mass is 452 g/mol. The lowest BCUT2D eigenvalue weighted by Gasteiger charge is -2.14. The molecule has 6 heteroatoms.